The van der Waals surface area contributed by atoms with Crippen LogP contribution in [0.3, 0.4) is 0 Å². The number of amides is 1. The lowest BCUT2D eigenvalue weighted by Gasteiger charge is -2.19. The van der Waals surface area contributed by atoms with E-state index in [2.05, 4.69) is 19.2 Å². The van der Waals surface area contributed by atoms with Gasteiger partial charge in [0.1, 0.15) is 5.75 Å². The van der Waals surface area contributed by atoms with Crippen molar-refractivity contribution in [2.24, 2.45) is 5.73 Å². The maximum absolute atomic E-state index is 11.2. The lowest BCUT2D eigenvalue weighted by Crippen LogP contribution is -2.33. The van der Waals surface area contributed by atoms with E-state index in [4.69, 9.17) is 22.1 Å². The molecule has 19 heavy (non-hydrogen) atoms. The highest BCUT2D eigenvalue weighted by Gasteiger charge is 2.17. The van der Waals surface area contributed by atoms with Gasteiger partial charge in [0.15, 0.2) is 6.10 Å². The standard InChI is InChI=1S/C14H21ClN2O2/c1-4-12(14(16)18)19-13-7-5-6-11(15)10(13)8-17-9(2)3/h5-7,9,12,17H,4,8H2,1-3H3,(H2,16,18). The molecular weight excluding hydrogens is 264 g/mol. The molecule has 1 rings (SSSR count). The zero-order chi connectivity index (χ0) is 14.4. The van der Waals surface area contributed by atoms with Crippen LogP contribution in [0, 0.1) is 0 Å². The molecule has 0 aromatic heterocycles. The highest BCUT2D eigenvalue weighted by atomic mass is 35.5. The van der Waals surface area contributed by atoms with E-state index < -0.39 is 12.0 Å². The third-order valence-electron chi connectivity index (χ3n) is 2.72. The van der Waals surface area contributed by atoms with Gasteiger partial charge in [-0.25, -0.2) is 0 Å². The van der Waals surface area contributed by atoms with Gasteiger partial charge in [-0.1, -0.05) is 38.4 Å². The summed E-state index contributed by atoms with van der Waals surface area (Å²) in [5, 5.41) is 3.90. The molecule has 4 nitrogen and oxygen atoms in total. The fraction of sp³-hybridized carbons (Fsp3) is 0.500. The molecule has 1 aromatic carbocycles. The van der Waals surface area contributed by atoms with Crippen LogP contribution in [0.2, 0.25) is 5.02 Å². The molecule has 1 unspecified atom stereocenters. The molecule has 0 heterocycles. The first kappa shape index (κ1) is 15.8. The Morgan fingerprint density at radius 3 is 2.68 bits per heavy atom. The molecule has 3 N–H and O–H groups in total. The van der Waals surface area contributed by atoms with Crippen LogP contribution in [0.1, 0.15) is 32.8 Å². The summed E-state index contributed by atoms with van der Waals surface area (Å²) in [4.78, 5) is 11.2. The highest BCUT2D eigenvalue weighted by Crippen LogP contribution is 2.27. The first-order valence-corrected chi connectivity index (χ1v) is 6.80. The van der Waals surface area contributed by atoms with Crippen molar-refractivity contribution in [1.82, 2.24) is 5.32 Å². The summed E-state index contributed by atoms with van der Waals surface area (Å²) in [6, 6.07) is 5.73. The van der Waals surface area contributed by atoms with Crippen LogP contribution < -0.4 is 15.8 Å². The second-order valence-corrected chi connectivity index (χ2v) is 5.08. The Kier molecular flexibility index (Phi) is 6.12. The summed E-state index contributed by atoms with van der Waals surface area (Å²) < 4.78 is 5.67. The van der Waals surface area contributed by atoms with Crippen LogP contribution in [-0.4, -0.2) is 18.1 Å². The number of nitrogens with one attached hydrogen (secondary N) is 1. The van der Waals surface area contributed by atoms with Gasteiger partial charge in [-0.2, -0.15) is 0 Å². The predicted octanol–water partition coefficient (Wildman–Crippen LogP) is 2.48. The van der Waals surface area contributed by atoms with E-state index in [1.165, 1.54) is 0 Å². The molecule has 1 atom stereocenters. The zero-order valence-electron chi connectivity index (χ0n) is 11.6. The average Bonchev–Trinajstić information content (AvgIpc) is 2.34. The third-order valence-corrected chi connectivity index (χ3v) is 3.07. The minimum atomic E-state index is -0.628. The van der Waals surface area contributed by atoms with E-state index in [-0.39, 0.29) is 0 Å². The highest BCUT2D eigenvalue weighted by molar-refractivity contribution is 6.31. The van der Waals surface area contributed by atoms with E-state index in [1.807, 2.05) is 6.92 Å². The van der Waals surface area contributed by atoms with E-state index in [1.54, 1.807) is 18.2 Å². The van der Waals surface area contributed by atoms with Crippen molar-refractivity contribution in [3.05, 3.63) is 28.8 Å². The molecule has 0 aliphatic carbocycles. The van der Waals surface area contributed by atoms with Gasteiger partial charge in [-0.05, 0) is 18.6 Å². The molecule has 0 saturated carbocycles. The molecule has 0 aliphatic heterocycles. The first-order valence-electron chi connectivity index (χ1n) is 6.42. The summed E-state index contributed by atoms with van der Waals surface area (Å²) in [5.41, 5.74) is 6.14. The molecular formula is C14H21ClN2O2. The normalized spacial score (nSPS) is 12.5. The molecule has 0 radical (unpaired) electrons. The summed E-state index contributed by atoms with van der Waals surface area (Å²) in [5.74, 6) is 0.136. The van der Waals surface area contributed by atoms with Crippen molar-refractivity contribution < 1.29 is 9.53 Å². The molecule has 1 amide bonds. The lowest BCUT2D eigenvalue weighted by molar-refractivity contribution is -0.124. The van der Waals surface area contributed by atoms with Gasteiger partial charge in [0.2, 0.25) is 0 Å². The van der Waals surface area contributed by atoms with Crippen LogP contribution in [0.25, 0.3) is 0 Å². The molecule has 0 fully saturated rings. The van der Waals surface area contributed by atoms with E-state index in [0.29, 0.717) is 29.8 Å². The number of ether oxygens (including phenoxy) is 1. The Morgan fingerprint density at radius 2 is 2.16 bits per heavy atom. The maximum Gasteiger partial charge on any atom is 0.258 e. The van der Waals surface area contributed by atoms with Gasteiger partial charge in [0.05, 0.1) is 0 Å². The van der Waals surface area contributed by atoms with Gasteiger partial charge in [0.25, 0.3) is 5.91 Å². The van der Waals surface area contributed by atoms with Crippen molar-refractivity contribution in [3.8, 4) is 5.75 Å². The van der Waals surface area contributed by atoms with E-state index in [9.17, 15) is 4.79 Å². The zero-order valence-corrected chi connectivity index (χ0v) is 12.3. The van der Waals surface area contributed by atoms with Crippen LogP contribution >= 0.6 is 11.6 Å². The smallest absolute Gasteiger partial charge is 0.258 e. The number of hydrogen-bond acceptors (Lipinski definition) is 3. The summed E-state index contributed by atoms with van der Waals surface area (Å²) in [6.45, 7) is 6.54. The van der Waals surface area contributed by atoms with Crippen molar-refractivity contribution >= 4 is 17.5 Å². The van der Waals surface area contributed by atoms with Crippen LogP contribution in [0.5, 0.6) is 5.75 Å². The van der Waals surface area contributed by atoms with E-state index in [0.717, 1.165) is 5.56 Å². The average molecular weight is 285 g/mol. The second-order valence-electron chi connectivity index (χ2n) is 4.67. The molecule has 0 spiro atoms. The lowest BCUT2D eigenvalue weighted by atomic mass is 10.1. The second kappa shape index (κ2) is 7.36. The number of nitrogens with two attached hydrogens (primary N) is 1. The number of primary amides is 1. The van der Waals surface area contributed by atoms with Crippen LogP contribution in [0.15, 0.2) is 18.2 Å². The van der Waals surface area contributed by atoms with Gasteiger partial charge in [-0.3, -0.25) is 4.79 Å². The predicted molar refractivity (Wildman–Crippen MR) is 77.3 cm³/mol. The Hall–Kier alpha value is -1.26. The molecule has 106 valence electrons. The topological polar surface area (TPSA) is 64.3 Å². The van der Waals surface area contributed by atoms with Gasteiger partial charge in [-0.15, -0.1) is 0 Å². The Labute approximate surface area is 119 Å². The first-order chi connectivity index (χ1) is 8.95. The quantitative estimate of drug-likeness (QED) is 0.808. The Morgan fingerprint density at radius 1 is 1.47 bits per heavy atom. The molecule has 5 heteroatoms. The van der Waals surface area contributed by atoms with Crippen LogP contribution in [0.4, 0.5) is 0 Å². The number of halogens is 1. The fourth-order valence-corrected chi connectivity index (χ4v) is 1.86. The number of benzene rings is 1. The summed E-state index contributed by atoms with van der Waals surface area (Å²) >= 11 is 6.18. The van der Waals surface area contributed by atoms with Crippen molar-refractivity contribution in [2.75, 3.05) is 0 Å². The number of carbonyl (C=O) groups is 1. The minimum absolute atomic E-state index is 0.335. The number of carbonyl (C=O) groups excluding carboxylic acids is 1. The summed E-state index contributed by atoms with van der Waals surface area (Å²) in [6.07, 6.45) is -0.102. The Bertz CT molecular complexity index is 435. The van der Waals surface area contributed by atoms with Crippen molar-refractivity contribution in [2.45, 2.75) is 45.9 Å². The number of rotatable bonds is 7. The largest absolute Gasteiger partial charge is 0.480 e. The number of hydrogen-bond donors (Lipinski definition) is 2. The van der Waals surface area contributed by atoms with Gasteiger partial charge >= 0.3 is 0 Å². The summed E-state index contributed by atoms with van der Waals surface area (Å²) in [7, 11) is 0. The molecule has 0 bridgehead atoms. The third kappa shape index (κ3) is 4.73. The monoisotopic (exact) mass is 284 g/mol. The van der Waals surface area contributed by atoms with Crippen molar-refractivity contribution in [3.63, 3.8) is 0 Å². The van der Waals surface area contributed by atoms with Crippen molar-refractivity contribution in [1.29, 1.82) is 0 Å². The molecule has 1 aromatic rings. The maximum atomic E-state index is 11.2. The molecule has 0 aliphatic rings. The van der Waals surface area contributed by atoms with E-state index >= 15 is 0 Å². The Balaban J connectivity index is 2.93. The van der Waals surface area contributed by atoms with Gasteiger partial charge < -0.3 is 15.8 Å². The SMILES string of the molecule is CCC(Oc1cccc(Cl)c1CNC(C)C)C(N)=O. The molecule has 0 saturated heterocycles. The van der Waals surface area contributed by atoms with Gasteiger partial charge in [0, 0.05) is 23.2 Å². The fourth-order valence-electron chi connectivity index (χ4n) is 1.62. The minimum Gasteiger partial charge on any atom is -0.480 e. The van der Waals surface area contributed by atoms with Crippen LogP contribution in [-0.2, 0) is 11.3 Å².